The molecule has 1 saturated carbocycles. The first-order valence-corrected chi connectivity index (χ1v) is 12.2. The molecule has 0 heterocycles. The van der Waals surface area contributed by atoms with E-state index >= 15 is 0 Å². The van der Waals surface area contributed by atoms with Gasteiger partial charge >= 0.3 is 154 Å². The molecule has 0 aromatic carbocycles. The van der Waals surface area contributed by atoms with E-state index in [4.69, 9.17) is 0 Å². The Bertz CT molecular complexity index is 612. The largest absolute Gasteiger partial charge is 1.00 e. The molecule has 0 saturated heterocycles. The van der Waals surface area contributed by atoms with E-state index in [0.29, 0.717) is 5.92 Å². The van der Waals surface area contributed by atoms with Crippen molar-refractivity contribution in [2.75, 3.05) is 0 Å². The van der Waals surface area contributed by atoms with Crippen molar-refractivity contribution in [2.45, 2.75) is 78.6 Å². The van der Waals surface area contributed by atoms with Crippen LogP contribution in [0.5, 0.6) is 0 Å². The average molecular weight is 458 g/mol. The number of hydrogen-bond acceptors (Lipinski definition) is 0. The fourth-order valence-corrected chi connectivity index (χ4v) is 9.50. The maximum absolute atomic E-state index is 2.43. The Kier molecular flexibility index (Phi) is 10.5. The van der Waals surface area contributed by atoms with Crippen LogP contribution in [0.1, 0.15) is 78.6 Å². The minimum Gasteiger partial charge on any atom is -1.00 e. The normalized spacial score (nSPS) is 22.6. The van der Waals surface area contributed by atoms with E-state index in [2.05, 4.69) is 39.0 Å². The molecule has 3 aliphatic carbocycles. The van der Waals surface area contributed by atoms with Crippen LogP contribution in [0.4, 0.5) is 0 Å². The Morgan fingerprint density at radius 2 is 1.60 bits per heavy atom. The fourth-order valence-electron chi connectivity index (χ4n) is 4.67. The summed E-state index contributed by atoms with van der Waals surface area (Å²) in [7, 11) is 0. The number of hydrogen-bond donors (Lipinski definition) is 0. The Balaban J connectivity index is 0.00000156. The van der Waals surface area contributed by atoms with Gasteiger partial charge in [0.1, 0.15) is 0 Å². The summed E-state index contributed by atoms with van der Waals surface area (Å²) in [6, 6.07) is 0. The van der Waals surface area contributed by atoms with Crippen molar-refractivity contribution in [1.29, 1.82) is 0 Å². The third-order valence-electron chi connectivity index (χ3n) is 5.74. The van der Waals surface area contributed by atoms with Crippen molar-refractivity contribution in [3.63, 3.8) is 0 Å². The predicted molar refractivity (Wildman–Crippen MR) is 98.3 cm³/mol. The number of rotatable bonds is 5. The number of allylic oxidation sites excluding steroid dienone is 8. The van der Waals surface area contributed by atoms with E-state index in [0.717, 1.165) is 0 Å². The van der Waals surface area contributed by atoms with E-state index < -0.39 is 22.8 Å². The summed E-state index contributed by atoms with van der Waals surface area (Å²) in [6.07, 6.45) is 19.3. The van der Waals surface area contributed by atoms with Crippen molar-refractivity contribution in [1.82, 2.24) is 0 Å². The van der Waals surface area contributed by atoms with Crippen LogP contribution in [0.15, 0.2) is 43.8 Å². The third-order valence-corrected chi connectivity index (χ3v) is 9.95. The molecular weight excluding hydrogens is 426 g/mol. The molecule has 0 aromatic rings. The standard InChI is InChI=1S/C16H21.C6H10.2ClH.Zr/c1-4-12-11-16(13-9-7-8-10-13)15(6-3)14(12)5-2;1-2-4-6-5-3-1;;;/h7-9,16H,4-6,10H2,1-3H3;1-5H2;2*1H;/q;;;;+2/p-2. The summed E-state index contributed by atoms with van der Waals surface area (Å²) >= 11 is -0.526. The van der Waals surface area contributed by atoms with Crippen LogP contribution in [-0.2, 0) is 22.8 Å². The SMILES string of the molecule is CCC1=C(CC)C(C2=CC=CC2)[C]([Zr+2]=[C]2CCCCC2)=C1CC.[Cl-].[Cl-]. The van der Waals surface area contributed by atoms with Gasteiger partial charge in [0.15, 0.2) is 0 Å². The summed E-state index contributed by atoms with van der Waals surface area (Å²) in [6.45, 7) is 7.16. The Morgan fingerprint density at radius 3 is 2.12 bits per heavy atom. The van der Waals surface area contributed by atoms with E-state index in [1.807, 2.05) is 6.49 Å². The van der Waals surface area contributed by atoms with Crippen molar-refractivity contribution < 1.29 is 47.6 Å². The average Bonchev–Trinajstić information content (AvgIpc) is 3.20. The summed E-state index contributed by atoms with van der Waals surface area (Å²) in [5, 5.41) is 0. The molecule has 1 atom stereocenters. The zero-order valence-electron chi connectivity index (χ0n) is 15.9. The van der Waals surface area contributed by atoms with Gasteiger partial charge in [-0.05, 0) is 0 Å². The summed E-state index contributed by atoms with van der Waals surface area (Å²) in [4.78, 5) is 0. The molecule has 1 unspecified atom stereocenters. The van der Waals surface area contributed by atoms with Crippen molar-refractivity contribution in [3.05, 3.63) is 43.8 Å². The smallest absolute Gasteiger partial charge is 1.00 e. The van der Waals surface area contributed by atoms with E-state index in [1.54, 1.807) is 22.3 Å². The monoisotopic (exact) mass is 455 g/mol. The van der Waals surface area contributed by atoms with Crippen LogP contribution < -0.4 is 24.8 Å². The molecule has 0 N–H and O–H groups in total. The minimum atomic E-state index is -0.526. The van der Waals surface area contributed by atoms with E-state index in [9.17, 15) is 0 Å². The van der Waals surface area contributed by atoms with Crippen molar-refractivity contribution in [2.24, 2.45) is 5.92 Å². The first-order valence-electron chi connectivity index (χ1n) is 9.72. The summed E-state index contributed by atoms with van der Waals surface area (Å²) in [5.74, 6) is 0.709. The third kappa shape index (κ3) is 4.97. The topological polar surface area (TPSA) is 0 Å². The summed E-state index contributed by atoms with van der Waals surface area (Å²) in [5.41, 5.74) is 7.03. The van der Waals surface area contributed by atoms with Crippen LogP contribution >= 0.6 is 0 Å². The summed E-state index contributed by atoms with van der Waals surface area (Å²) < 4.78 is 3.96. The van der Waals surface area contributed by atoms with E-state index in [-0.39, 0.29) is 24.8 Å². The quantitative estimate of drug-likeness (QED) is 0.565. The molecule has 0 nitrogen and oxygen atoms in total. The van der Waals surface area contributed by atoms with Crippen LogP contribution in [-0.4, -0.2) is 3.21 Å². The van der Waals surface area contributed by atoms with Gasteiger partial charge in [-0.2, -0.15) is 0 Å². The maximum Gasteiger partial charge on any atom is -1.00 e. The molecular formula is C22H31Cl2Zr. The van der Waals surface area contributed by atoms with Crippen LogP contribution in [0.25, 0.3) is 0 Å². The van der Waals surface area contributed by atoms with E-state index in [1.165, 1.54) is 57.8 Å². The molecule has 0 bridgehead atoms. The molecule has 0 spiro atoms. The molecule has 0 aromatic heterocycles. The van der Waals surface area contributed by atoms with Gasteiger partial charge < -0.3 is 24.8 Å². The molecule has 0 aliphatic heterocycles. The first-order chi connectivity index (χ1) is 11.3. The van der Waals surface area contributed by atoms with Gasteiger partial charge in [0.2, 0.25) is 0 Å². The molecule has 1 fully saturated rings. The molecule has 0 radical (unpaired) electrons. The first kappa shape index (κ1) is 23.3. The minimum absolute atomic E-state index is 0. The van der Waals surface area contributed by atoms with Crippen LogP contribution in [0, 0.1) is 5.92 Å². The van der Waals surface area contributed by atoms with Crippen molar-refractivity contribution in [3.8, 4) is 0 Å². The molecule has 3 rings (SSSR count). The molecule has 25 heavy (non-hydrogen) atoms. The van der Waals surface area contributed by atoms with Gasteiger partial charge in [-0.3, -0.25) is 0 Å². The van der Waals surface area contributed by atoms with Gasteiger partial charge in [0.05, 0.1) is 0 Å². The molecule has 137 valence electrons. The molecule has 0 amide bonds. The van der Waals surface area contributed by atoms with Crippen LogP contribution in [0.3, 0.4) is 0 Å². The maximum atomic E-state index is 2.43. The second kappa shape index (κ2) is 11.2. The van der Waals surface area contributed by atoms with Crippen molar-refractivity contribution >= 4 is 3.21 Å². The van der Waals surface area contributed by atoms with Gasteiger partial charge in [-0.15, -0.1) is 0 Å². The fraction of sp³-hybridized carbons (Fsp3) is 0.591. The Morgan fingerprint density at radius 1 is 0.920 bits per heavy atom. The zero-order valence-corrected chi connectivity index (χ0v) is 19.9. The zero-order chi connectivity index (χ0) is 16.2. The second-order valence-electron chi connectivity index (χ2n) is 7.05. The Hall–Kier alpha value is 0.293. The Labute approximate surface area is 178 Å². The molecule has 3 heteroatoms. The van der Waals surface area contributed by atoms with Gasteiger partial charge in [-0.1, -0.05) is 0 Å². The van der Waals surface area contributed by atoms with Gasteiger partial charge in [0, 0.05) is 0 Å². The molecule has 3 aliphatic rings. The predicted octanol–water partition coefficient (Wildman–Crippen LogP) is 0.510. The second-order valence-corrected chi connectivity index (χ2v) is 10.7. The van der Waals surface area contributed by atoms with Gasteiger partial charge in [0.25, 0.3) is 0 Å². The van der Waals surface area contributed by atoms with Gasteiger partial charge in [-0.25, -0.2) is 0 Å². The van der Waals surface area contributed by atoms with Crippen LogP contribution in [0.2, 0.25) is 0 Å². The number of halogens is 2.